The summed E-state index contributed by atoms with van der Waals surface area (Å²) in [6, 6.07) is 17.1. The molecule has 0 atom stereocenters. The topological polar surface area (TPSA) is 70.6 Å². The predicted molar refractivity (Wildman–Crippen MR) is 130 cm³/mol. The predicted octanol–water partition coefficient (Wildman–Crippen LogP) is 4.20. The van der Waals surface area contributed by atoms with Crippen molar-refractivity contribution in [1.29, 1.82) is 0 Å². The molecule has 0 spiro atoms. The standard InChI is InChI=1S/C23H24ClN5O2S/c1-31-20-7-5-19(6-8-20)28-11-13-29(14-12-28)21-9-10-25-23(27-21)32-16-22(30)26-18-4-2-3-17(24)15-18/h2-10,15H,11-14,16H2,1H3,(H,26,30). The van der Waals surface area contributed by atoms with Gasteiger partial charge in [-0.1, -0.05) is 29.4 Å². The number of amides is 1. The van der Waals surface area contributed by atoms with E-state index in [1.165, 1.54) is 17.4 Å². The van der Waals surface area contributed by atoms with Gasteiger partial charge in [0.2, 0.25) is 5.91 Å². The Morgan fingerprint density at radius 3 is 2.56 bits per heavy atom. The fourth-order valence-electron chi connectivity index (χ4n) is 3.46. The molecule has 0 radical (unpaired) electrons. The first-order valence-electron chi connectivity index (χ1n) is 10.3. The maximum absolute atomic E-state index is 12.2. The normalized spacial score (nSPS) is 13.7. The summed E-state index contributed by atoms with van der Waals surface area (Å²) in [6.07, 6.45) is 1.75. The number of carbonyl (C=O) groups is 1. The third-order valence-electron chi connectivity index (χ3n) is 5.10. The highest BCUT2D eigenvalue weighted by Crippen LogP contribution is 2.23. The van der Waals surface area contributed by atoms with E-state index in [0.29, 0.717) is 15.9 Å². The van der Waals surface area contributed by atoms with Crippen molar-refractivity contribution in [3.8, 4) is 5.75 Å². The average molecular weight is 470 g/mol. The van der Waals surface area contributed by atoms with Crippen LogP contribution in [-0.4, -0.2) is 54.9 Å². The molecule has 1 aliphatic rings. The highest BCUT2D eigenvalue weighted by molar-refractivity contribution is 7.99. The van der Waals surface area contributed by atoms with E-state index in [2.05, 4.69) is 37.2 Å². The number of hydrogen-bond acceptors (Lipinski definition) is 7. The minimum Gasteiger partial charge on any atom is -0.497 e. The Kier molecular flexibility index (Phi) is 7.34. The van der Waals surface area contributed by atoms with Crippen LogP contribution in [0, 0.1) is 0 Å². The lowest BCUT2D eigenvalue weighted by molar-refractivity contribution is -0.113. The van der Waals surface area contributed by atoms with Gasteiger partial charge in [0.25, 0.3) is 0 Å². The van der Waals surface area contributed by atoms with Gasteiger partial charge in [-0.15, -0.1) is 0 Å². The van der Waals surface area contributed by atoms with Gasteiger partial charge in [-0.25, -0.2) is 9.97 Å². The van der Waals surface area contributed by atoms with E-state index in [1.807, 2.05) is 18.2 Å². The third kappa shape index (κ3) is 5.83. The van der Waals surface area contributed by atoms with Crippen LogP contribution in [0.15, 0.2) is 66.0 Å². The van der Waals surface area contributed by atoms with Crippen LogP contribution in [0.25, 0.3) is 0 Å². The fourth-order valence-corrected chi connectivity index (χ4v) is 4.27. The van der Waals surface area contributed by atoms with Gasteiger partial charge in [0, 0.05) is 48.8 Å². The molecule has 1 N–H and O–H groups in total. The zero-order valence-electron chi connectivity index (χ0n) is 17.7. The molecule has 1 amide bonds. The number of halogens is 1. The number of methoxy groups -OCH3 is 1. The summed E-state index contributed by atoms with van der Waals surface area (Å²) < 4.78 is 5.24. The lowest BCUT2D eigenvalue weighted by Gasteiger charge is -2.36. The first-order valence-corrected chi connectivity index (χ1v) is 11.6. The van der Waals surface area contributed by atoms with Crippen molar-refractivity contribution in [2.75, 3.05) is 54.2 Å². The Morgan fingerprint density at radius 1 is 1.09 bits per heavy atom. The van der Waals surface area contributed by atoms with Crippen molar-refractivity contribution in [2.45, 2.75) is 5.16 Å². The van der Waals surface area contributed by atoms with E-state index in [4.69, 9.17) is 16.3 Å². The monoisotopic (exact) mass is 469 g/mol. The second-order valence-electron chi connectivity index (χ2n) is 7.22. The van der Waals surface area contributed by atoms with E-state index >= 15 is 0 Å². The number of ether oxygens (including phenoxy) is 1. The summed E-state index contributed by atoms with van der Waals surface area (Å²) in [5.41, 5.74) is 1.86. The third-order valence-corrected chi connectivity index (χ3v) is 6.20. The highest BCUT2D eigenvalue weighted by atomic mass is 35.5. The molecule has 0 unspecified atom stereocenters. The molecule has 2 aromatic carbocycles. The molecular formula is C23H24ClN5O2S. The number of anilines is 3. The molecule has 1 fully saturated rings. The van der Waals surface area contributed by atoms with E-state index in [1.54, 1.807) is 37.6 Å². The molecule has 9 heteroatoms. The van der Waals surface area contributed by atoms with E-state index in [-0.39, 0.29) is 11.7 Å². The molecule has 166 valence electrons. The minimum absolute atomic E-state index is 0.126. The molecule has 4 rings (SSSR count). The number of thioether (sulfide) groups is 1. The van der Waals surface area contributed by atoms with Crippen LogP contribution in [-0.2, 0) is 4.79 Å². The molecule has 0 saturated carbocycles. The summed E-state index contributed by atoms with van der Waals surface area (Å²) in [5.74, 6) is 1.84. The van der Waals surface area contributed by atoms with Gasteiger partial charge in [-0.2, -0.15) is 0 Å². The van der Waals surface area contributed by atoms with Crippen molar-refractivity contribution in [1.82, 2.24) is 9.97 Å². The van der Waals surface area contributed by atoms with Crippen molar-refractivity contribution >= 4 is 46.5 Å². The summed E-state index contributed by atoms with van der Waals surface area (Å²) in [6.45, 7) is 3.53. The molecule has 2 heterocycles. The van der Waals surface area contributed by atoms with Gasteiger partial charge in [-0.05, 0) is 48.5 Å². The van der Waals surface area contributed by atoms with Crippen LogP contribution < -0.4 is 19.9 Å². The Labute approximate surface area is 196 Å². The van der Waals surface area contributed by atoms with Gasteiger partial charge in [0.05, 0.1) is 12.9 Å². The van der Waals surface area contributed by atoms with Crippen molar-refractivity contribution in [3.05, 3.63) is 65.8 Å². The number of benzene rings is 2. The van der Waals surface area contributed by atoms with Crippen molar-refractivity contribution < 1.29 is 9.53 Å². The molecule has 1 saturated heterocycles. The molecule has 7 nitrogen and oxygen atoms in total. The quantitative estimate of drug-likeness (QED) is 0.410. The molecular weight excluding hydrogens is 446 g/mol. The Hall–Kier alpha value is -2.97. The fraction of sp³-hybridized carbons (Fsp3) is 0.261. The van der Waals surface area contributed by atoms with E-state index in [9.17, 15) is 4.79 Å². The number of nitrogens with zero attached hydrogens (tertiary/aromatic N) is 4. The van der Waals surface area contributed by atoms with Crippen LogP contribution in [0.4, 0.5) is 17.2 Å². The second kappa shape index (κ2) is 10.6. The average Bonchev–Trinajstić information content (AvgIpc) is 2.83. The number of piperazine rings is 1. The minimum atomic E-state index is -0.126. The Bertz CT molecular complexity index is 1060. The number of hydrogen-bond donors (Lipinski definition) is 1. The highest BCUT2D eigenvalue weighted by Gasteiger charge is 2.19. The maximum Gasteiger partial charge on any atom is 0.234 e. The SMILES string of the molecule is COc1ccc(N2CCN(c3ccnc(SCC(=O)Nc4cccc(Cl)c4)n3)CC2)cc1. The second-order valence-corrected chi connectivity index (χ2v) is 8.60. The van der Waals surface area contributed by atoms with Gasteiger partial charge in [-0.3, -0.25) is 4.79 Å². The Morgan fingerprint density at radius 2 is 1.84 bits per heavy atom. The molecule has 1 aliphatic heterocycles. The summed E-state index contributed by atoms with van der Waals surface area (Å²) in [7, 11) is 1.67. The number of nitrogens with one attached hydrogen (secondary N) is 1. The van der Waals surface area contributed by atoms with E-state index in [0.717, 1.165) is 37.7 Å². The molecule has 3 aromatic rings. The van der Waals surface area contributed by atoms with Gasteiger partial charge >= 0.3 is 0 Å². The maximum atomic E-state index is 12.2. The molecule has 1 aromatic heterocycles. The lowest BCUT2D eigenvalue weighted by atomic mass is 10.2. The van der Waals surface area contributed by atoms with Gasteiger partial charge < -0.3 is 19.9 Å². The first-order chi connectivity index (χ1) is 15.6. The molecule has 0 aliphatic carbocycles. The summed E-state index contributed by atoms with van der Waals surface area (Å²) in [4.78, 5) is 25.8. The van der Waals surface area contributed by atoms with Crippen molar-refractivity contribution in [3.63, 3.8) is 0 Å². The van der Waals surface area contributed by atoms with Crippen molar-refractivity contribution in [2.24, 2.45) is 0 Å². The smallest absolute Gasteiger partial charge is 0.234 e. The van der Waals surface area contributed by atoms with Crippen LogP contribution in [0.2, 0.25) is 5.02 Å². The van der Waals surface area contributed by atoms with Crippen LogP contribution >= 0.6 is 23.4 Å². The summed E-state index contributed by atoms with van der Waals surface area (Å²) in [5, 5.41) is 4.00. The van der Waals surface area contributed by atoms with Crippen LogP contribution in [0.1, 0.15) is 0 Å². The van der Waals surface area contributed by atoms with Gasteiger partial charge in [0.1, 0.15) is 11.6 Å². The number of aromatic nitrogens is 2. The van der Waals surface area contributed by atoms with E-state index < -0.39 is 0 Å². The first kappa shape index (κ1) is 22.2. The Balaban J connectivity index is 1.29. The van der Waals surface area contributed by atoms with Crippen LogP contribution in [0.5, 0.6) is 5.75 Å². The largest absolute Gasteiger partial charge is 0.497 e. The van der Waals surface area contributed by atoms with Crippen LogP contribution in [0.3, 0.4) is 0 Å². The number of carbonyl (C=O) groups excluding carboxylic acids is 1. The number of rotatable bonds is 7. The lowest BCUT2D eigenvalue weighted by Crippen LogP contribution is -2.46. The van der Waals surface area contributed by atoms with Gasteiger partial charge in [0.15, 0.2) is 5.16 Å². The molecule has 0 bridgehead atoms. The molecule has 32 heavy (non-hydrogen) atoms. The zero-order valence-corrected chi connectivity index (χ0v) is 19.3. The summed E-state index contributed by atoms with van der Waals surface area (Å²) >= 11 is 7.27. The zero-order chi connectivity index (χ0) is 22.3.